The molecule has 98 valence electrons. The highest BCUT2D eigenvalue weighted by atomic mass is 16.5. The number of methoxy groups -OCH3 is 1. The first kappa shape index (κ1) is 12.8. The van der Waals surface area contributed by atoms with E-state index < -0.39 is 0 Å². The van der Waals surface area contributed by atoms with E-state index in [0.29, 0.717) is 5.41 Å². The molecule has 17 heavy (non-hydrogen) atoms. The van der Waals surface area contributed by atoms with E-state index in [0.717, 1.165) is 45.6 Å². The van der Waals surface area contributed by atoms with Gasteiger partial charge in [0, 0.05) is 13.1 Å². The Hall–Kier alpha value is -0.610. The van der Waals surface area contributed by atoms with E-state index in [9.17, 15) is 4.79 Å². The van der Waals surface area contributed by atoms with E-state index in [1.807, 2.05) is 0 Å². The SMILES string of the molecule is COC(=O)C1CCN(CC2(C)CCNC2)CC1. The maximum absolute atomic E-state index is 11.4. The molecule has 2 heterocycles. The minimum Gasteiger partial charge on any atom is -0.469 e. The predicted molar refractivity (Wildman–Crippen MR) is 66.8 cm³/mol. The summed E-state index contributed by atoms with van der Waals surface area (Å²) in [6, 6.07) is 0. The molecule has 1 N–H and O–H groups in total. The summed E-state index contributed by atoms with van der Waals surface area (Å²) >= 11 is 0. The summed E-state index contributed by atoms with van der Waals surface area (Å²) in [5.74, 6) is 0.101. The maximum Gasteiger partial charge on any atom is 0.308 e. The Kier molecular flexibility index (Phi) is 4.05. The van der Waals surface area contributed by atoms with Crippen LogP contribution in [0.5, 0.6) is 0 Å². The van der Waals surface area contributed by atoms with Crippen molar-refractivity contribution in [1.29, 1.82) is 0 Å². The number of carbonyl (C=O) groups is 1. The number of nitrogens with one attached hydrogen (secondary N) is 1. The maximum atomic E-state index is 11.4. The van der Waals surface area contributed by atoms with Crippen LogP contribution in [0.25, 0.3) is 0 Å². The van der Waals surface area contributed by atoms with Crippen LogP contribution in [0.2, 0.25) is 0 Å². The van der Waals surface area contributed by atoms with Gasteiger partial charge in [-0.2, -0.15) is 0 Å². The summed E-state index contributed by atoms with van der Waals surface area (Å²) in [6.45, 7) is 7.87. The molecule has 4 nitrogen and oxygen atoms in total. The molecule has 1 atom stereocenters. The van der Waals surface area contributed by atoms with Crippen molar-refractivity contribution in [3.63, 3.8) is 0 Å². The minimum atomic E-state index is -0.0293. The standard InChI is InChI=1S/C13H24N2O2/c1-13(5-6-14-9-13)10-15-7-3-11(4-8-15)12(16)17-2/h11,14H,3-10H2,1-2H3. The number of likely N-dealkylation sites (tertiary alicyclic amines) is 1. The molecule has 4 heteroatoms. The number of carbonyl (C=O) groups excluding carboxylic acids is 1. The number of piperidine rings is 1. The molecule has 0 aliphatic carbocycles. The number of esters is 1. The molecular formula is C13H24N2O2. The van der Waals surface area contributed by atoms with Crippen LogP contribution in [0.1, 0.15) is 26.2 Å². The quantitative estimate of drug-likeness (QED) is 0.743. The topological polar surface area (TPSA) is 41.6 Å². The zero-order chi connectivity index (χ0) is 12.3. The third kappa shape index (κ3) is 3.19. The lowest BCUT2D eigenvalue weighted by Crippen LogP contribution is -2.43. The minimum absolute atomic E-state index is 0.0293. The van der Waals surface area contributed by atoms with E-state index in [1.54, 1.807) is 0 Å². The summed E-state index contributed by atoms with van der Waals surface area (Å²) in [6.07, 6.45) is 3.18. The summed E-state index contributed by atoms with van der Waals surface area (Å²) in [4.78, 5) is 13.9. The van der Waals surface area contributed by atoms with Gasteiger partial charge in [0.1, 0.15) is 0 Å². The Morgan fingerprint density at radius 1 is 1.47 bits per heavy atom. The Balaban J connectivity index is 1.77. The largest absolute Gasteiger partial charge is 0.469 e. The smallest absolute Gasteiger partial charge is 0.308 e. The monoisotopic (exact) mass is 240 g/mol. The molecule has 2 saturated heterocycles. The predicted octanol–water partition coefficient (Wildman–Crippen LogP) is 0.871. The first-order valence-electron chi connectivity index (χ1n) is 6.64. The Morgan fingerprint density at radius 3 is 2.71 bits per heavy atom. The van der Waals surface area contributed by atoms with Crippen LogP contribution in [0, 0.1) is 11.3 Å². The summed E-state index contributed by atoms with van der Waals surface area (Å²) in [5.41, 5.74) is 0.429. The fourth-order valence-electron chi connectivity index (χ4n) is 3.04. The van der Waals surface area contributed by atoms with Gasteiger partial charge in [0.25, 0.3) is 0 Å². The van der Waals surface area contributed by atoms with Gasteiger partial charge in [-0.05, 0) is 44.3 Å². The van der Waals surface area contributed by atoms with Gasteiger partial charge in [-0.15, -0.1) is 0 Å². The van der Waals surface area contributed by atoms with Crippen molar-refractivity contribution in [1.82, 2.24) is 10.2 Å². The van der Waals surface area contributed by atoms with Crippen molar-refractivity contribution in [2.75, 3.05) is 39.8 Å². The van der Waals surface area contributed by atoms with Crippen LogP contribution < -0.4 is 5.32 Å². The lowest BCUT2D eigenvalue weighted by molar-refractivity contribution is -0.147. The molecule has 0 bridgehead atoms. The van der Waals surface area contributed by atoms with Crippen molar-refractivity contribution < 1.29 is 9.53 Å². The van der Waals surface area contributed by atoms with Gasteiger partial charge in [-0.25, -0.2) is 0 Å². The van der Waals surface area contributed by atoms with Gasteiger partial charge in [0.2, 0.25) is 0 Å². The highest BCUT2D eigenvalue weighted by Gasteiger charge is 2.33. The van der Waals surface area contributed by atoms with Gasteiger partial charge in [-0.3, -0.25) is 4.79 Å². The van der Waals surface area contributed by atoms with E-state index in [-0.39, 0.29) is 11.9 Å². The zero-order valence-corrected chi connectivity index (χ0v) is 11.0. The second-order valence-corrected chi connectivity index (χ2v) is 5.81. The van der Waals surface area contributed by atoms with Crippen LogP contribution in [0.3, 0.4) is 0 Å². The van der Waals surface area contributed by atoms with Gasteiger partial charge in [0.05, 0.1) is 13.0 Å². The van der Waals surface area contributed by atoms with Crippen LogP contribution in [0.15, 0.2) is 0 Å². The molecule has 0 spiro atoms. The highest BCUT2D eigenvalue weighted by Crippen LogP contribution is 2.28. The van der Waals surface area contributed by atoms with Crippen molar-refractivity contribution in [2.45, 2.75) is 26.2 Å². The molecule has 0 radical (unpaired) electrons. The van der Waals surface area contributed by atoms with Crippen molar-refractivity contribution in [3.05, 3.63) is 0 Å². The van der Waals surface area contributed by atoms with Crippen LogP contribution in [0.4, 0.5) is 0 Å². The van der Waals surface area contributed by atoms with E-state index >= 15 is 0 Å². The van der Waals surface area contributed by atoms with Gasteiger partial charge >= 0.3 is 5.97 Å². The van der Waals surface area contributed by atoms with Crippen molar-refractivity contribution in [3.8, 4) is 0 Å². The number of hydrogen-bond acceptors (Lipinski definition) is 4. The van der Waals surface area contributed by atoms with Crippen LogP contribution in [-0.2, 0) is 9.53 Å². The lowest BCUT2D eigenvalue weighted by Gasteiger charge is -2.36. The molecule has 1 unspecified atom stereocenters. The van der Waals surface area contributed by atoms with Gasteiger partial charge in [-0.1, -0.05) is 6.92 Å². The first-order chi connectivity index (χ1) is 8.13. The molecule has 0 aromatic heterocycles. The third-order valence-electron chi connectivity index (χ3n) is 4.18. The average molecular weight is 240 g/mol. The van der Waals surface area contributed by atoms with Gasteiger partial charge in [0.15, 0.2) is 0 Å². The summed E-state index contributed by atoms with van der Waals surface area (Å²) in [5, 5.41) is 3.44. The molecule has 0 aromatic rings. The molecular weight excluding hydrogens is 216 g/mol. The Bertz CT molecular complexity index is 267. The first-order valence-corrected chi connectivity index (χ1v) is 6.64. The summed E-state index contributed by atoms with van der Waals surface area (Å²) < 4.78 is 4.81. The molecule has 0 aromatic carbocycles. The molecule has 2 aliphatic rings. The summed E-state index contributed by atoms with van der Waals surface area (Å²) in [7, 11) is 1.49. The lowest BCUT2D eigenvalue weighted by atomic mass is 9.87. The van der Waals surface area contributed by atoms with Gasteiger partial charge < -0.3 is 15.0 Å². The second kappa shape index (κ2) is 5.36. The van der Waals surface area contributed by atoms with E-state index in [1.165, 1.54) is 13.5 Å². The normalized spacial score (nSPS) is 31.6. The molecule has 2 rings (SSSR count). The number of hydrogen-bond donors (Lipinski definition) is 1. The Morgan fingerprint density at radius 2 is 2.18 bits per heavy atom. The van der Waals surface area contributed by atoms with Crippen molar-refractivity contribution >= 4 is 5.97 Å². The number of nitrogens with zero attached hydrogens (tertiary/aromatic N) is 1. The molecule has 0 saturated carbocycles. The van der Waals surface area contributed by atoms with E-state index in [4.69, 9.17) is 4.74 Å². The molecule has 0 amide bonds. The average Bonchev–Trinajstić information content (AvgIpc) is 2.76. The third-order valence-corrected chi connectivity index (χ3v) is 4.18. The Labute approximate surface area is 104 Å². The molecule has 2 aliphatic heterocycles. The molecule has 2 fully saturated rings. The zero-order valence-electron chi connectivity index (χ0n) is 11.0. The fourth-order valence-corrected chi connectivity index (χ4v) is 3.04. The highest BCUT2D eigenvalue weighted by molar-refractivity contribution is 5.72. The van der Waals surface area contributed by atoms with Crippen molar-refractivity contribution in [2.24, 2.45) is 11.3 Å². The van der Waals surface area contributed by atoms with Crippen LogP contribution >= 0.6 is 0 Å². The fraction of sp³-hybridized carbons (Fsp3) is 0.923. The number of ether oxygens (including phenoxy) is 1. The second-order valence-electron chi connectivity index (χ2n) is 5.81. The van der Waals surface area contributed by atoms with Crippen LogP contribution in [-0.4, -0.2) is 50.7 Å². The van der Waals surface area contributed by atoms with E-state index in [2.05, 4.69) is 17.1 Å². The number of rotatable bonds is 3.